The fourth-order valence-corrected chi connectivity index (χ4v) is 4.63. The molecule has 5 heteroatoms. The molecule has 2 fully saturated rings. The van der Waals surface area contributed by atoms with E-state index in [1.807, 2.05) is 32.0 Å². The summed E-state index contributed by atoms with van der Waals surface area (Å²) in [6.07, 6.45) is 2.50. The van der Waals surface area contributed by atoms with Crippen molar-refractivity contribution in [3.63, 3.8) is 0 Å². The summed E-state index contributed by atoms with van der Waals surface area (Å²) in [5, 5.41) is 2.96. The molecule has 1 N–H and O–H groups in total. The van der Waals surface area contributed by atoms with Crippen molar-refractivity contribution in [3.05, 3.63) is 59.2 Å². The first-order chi connectivity index (χ1) is 13.9. The fraction of sp³-hybridized carbons (Fsp3) is 0.375. The van der Waals surface area contributed by atoms with Crippen molar-refractivity contribution in [2.24, 2.45) is 17.8 Å². The third-order valence-corrected chi connectivity index (χ3v) is 6.27. The van der Waals surface area contributed by atoms with Gasteiger partial charge in [-0.1, -0.05) is 31.2 Å². The number of hydrogen-bond acceptors (Lipinski definition) is 3. The highest BCUT2D eigenvalue weighted by molar-refractivity contribution is 6.22. The van der Waals surface area contributed by atoms with E-state index in [4.69, 9.17) is 0 Å². The van der Waals surface area contributed by atoms with Gasteiger partial charge >= 0.3 is 0 Å². The standard InChI is InChI=1S/C24H26N2O3/c1-14-10-11-19-20(12-14)24(29)26(23(19)28)18-9-5-8-17(13-18)22(27)25-21-15(2)6-4-7-16(21)3/h4-9,13-14,19-20H,10-12H2,1-3H3,(H,25,27)/t14-,19+,20+/m0/s1. The van der Waals surface area contributed by atoms with Gasteiger partial charge in [-0.3, -0.25) is 19.3 Å². The van der Waals surface area contributed by atoms with Crippen LogP contribution in [0.3, 0.4) is 0 Å². The summed E-state index contributed by atoms with van der Waals surface area (Å²) in [5.41, 5.74) is 3.66. The van der Waals surface area contributed by atoms with Gasteiger partial charge < -0.3 is 5.32 Å². The molecule has 3 atom stereocenters. The molecule has 0 aromatic heterocycles. The number of nitrogens with one attached hydrogen (secondary N) is 1. The number of benzene rings is 2. The summed E-state index contributed by atoms with van der Waals surface area (Å²) in [7, 11) is 0. The first kappa shape index (κ1) is 19.4. The SMILES string of the molecule is Cc1cccc(C)c1NC(=O)c1cccc(N2C(=O)[C@@H]3CC[C@H](C)C[C@H]3C2=O)c1. The van der Waals surface area contributed by atoms with Crippen LogP contribution < -0.4 is 10.2 Å². The first-order valence-corrected chi connectivity index (χ1v) is 10.2. The van der Waals surface area contributed by atoms with E-state index in [1.165, 1.54) is 4.90 Å². The Morgan fingerprint density at radius 2 is 1.62 bits per heavy atom. The van der Waals surface area contributed by atoms with Crippen LogP contribution in [0.25, 0.3) is 0 Å². The number of aryl methyl sites for hydroxylation is 2. The predicted octanol–water partition coefficient (Wildman–Crippen LogP) is 4.48. The van der Waals surface area contributed by atoms with Crippen molar-refractivity contribution in [1.82, 2.24) is 0 Å². The van der Waals surface area contributed by atoms with Gasteiger partial charge in [0.05, 0.1) is 17.5 Å². The van der Waals surface area contributed by atoms with Gasteiger partial charge in [-0.15, -0.1) is 0 Å². The van der Waals surface area contributed by atoms with E-state index in [1.54, 1.807) is 24.3 Å². The maximum atomic E-state index is 13.0. The highest BCUT2D eigenvalue weighted by Gasteiger charge is 2.50. The van der Waals surface area contributed by atoms with Crippen molar-refractivity contribution < 1.29 is 14.4 Å². The number of amides is 3. The Bertz CT molecular complexity index is 977. The third-order valence-electron chi connectivity index (χ3n) is 6.27. The number of anilines is 2. The highest BCUT2D eigenvalue weighted by atomic mass is 16.2. The van der Waals surface area contributed by atoms with Crippen LogP contribution in [0, 0.1) is 31.6 Å². The van der Waals surface area contributed by atoms with Gasteiger partial charge in [-0.25, -0.2) is 0 Å². The fourth-order valence-electron chi connectivity index (χ4n) is 4.63. The minimum Gasteiger partial charge on any atom is -0.322 e. The Morgan fingerprint density at radius 1 is 0.966 bits per heavy atom. The maximum Gasteiger partial charge on any atom is 0.255 e. The second-order valence-electron chi connectivity index (χ2n) is 8.41. The van der Waals surface area contributed by atoms with Gasteiger partial charge in [-0.2, -0.15) is 0 Å². The largest absolute Gasteiger partial charge is 0.322 e. The smallest absolute Gasteiger partial charge is 0.255 e. The van der Waals surface area contributed by atoms with E-state index in [-0.39, 0.29) is 29.6 Å². The minimum absolute atomic E-state index is 0.126. The highest BCUT2D eigenvalue weighted by Crippen LogP contribution is 2.42. The lowest BCUT2D eigenvalue weighted by molar-refractivity contribution is -0.122. The molecule has 1 heterocycles. The molecule has 1 saturated carbocycles. The van der Waals surface area contributed by atoms with E-state index in [0.29, 0.717) is 17.2 Å². The zero-order valence-electron chi connectivity index (χ0n) is 17.1. The second-order valence-corrected chi connectivity index (χ2v) is 8.41. The molecule has 29 heavy (non-hydrogen) atoms. The first-order valence-electron chi connectivity index (χ1n) is 10.2. The normalized spacial score (nSPS) is 23.8. The molecule has 2 aromatic rings. The molecule has 1 saturated heterocycles. The number of rotatable bonds is 3. The van der Waals surface area contributed by atoms with Gasteiger partial charge in [0.25, 0.3) is 5.91 Å². The Hall–Kier alpha value is -2.95. The van der Waals surface area contributed by atoms with Crippen molar-refractivity contribution in [3.8, 4) is 0 Å². The van der Waals surface area contributed by atoms with E-state index in [2.05, 4.69) is 12.2 Å². The molecule has 5 nitrogen and oxygen atoms in total. The number of carbonyl (C=O) groups excluding carboxylic acids is 3. The summed E-state index contributed by atoms with van der Waals surface area (Å²) >= 11 is 0. The minimum atomic E-state index is -0.255. The predicted molar refractivity (Wildman–Crippen MR) is 113 cm³/mol. The Morgan fingerprint density at radius 3 is 2.34 bits per heavy atom. The van der Waals surface area contributed by atoms with Crippen LogP contribution in [0.15, 0.2) is 42.5 Å². The second kappa shape index (κ2) is 7.47. The molecule has 2 aliphatic rings. The summed E-state index contributed by atoms with van der Waals surface area (Å²) in [5.74, 6) is -0.487. The van der Waals surface area contributed by atoms with Crippen molar-refractivity contribution in [2.45, 2.75) is 40.0 Å². The van der Waals surface area contributed by atoms with Gasteiger partial charge in [0.15, 0.2) is 0 Å². The Kier molecular flexibility index (Phi) is 4.99. The molecule has 1 aliphatic heterocycles. The molecule has 4 rings (SSSR count). The summed E-state index contributed by atoms with van der Waals surface area (Å²) in [6, 6.07) is 12.6. The molecule has 3 amide bonds. The van der Waals surface area contributed by atoms with Crippen LogP contribution in [-0.4, -0.2) is 17.7 Å². The molecule has 150 valence electrons. The summed E-state index contributed by atoms with van der Waals surface area (Å²) in [4.78, 5) is 40.0. The molecule has 0 spiro atoms. The average molecular weight is 390 g/mol. The molecule has 0 radical (unpaired) electrons. The molecular formula is C24H26N2O3. The van der Waals surface area contributed by atoms with E-state index >= 15 is 0 Å². The van der Waals surface area contributed by atoms with E-state index < -0.39 is 0 Å². The number of fused-ring (bicyclic) bond motifs is 1. The van der Waals surface area contributed by atoms with E-state index in [0.717, 1.165) is 36.1 Å². The van der Waals surface area contributed by atoms with Crippen molar-refractivity contribution in [1.29, 1.82) is 0 Å². The Labute approximate surface area is 171 Å². The third kappa shape index (κ3) is 3.46. The number of hydrogen-bond donors (Lipinski definition) is 1. The van der Waals surface area contributed by atoms with Crippen LogP contribution in [-0.2, 0) is 9.59 Å². The van der Waals surface area contributed by atoms with Crippen LogP contribution in [0.5, 0.6) is 0 Å². The summed E-state index contributed by atoms with van der Waals surface area (Å²) < 4.78 is 0. The zero-order chi connectivity index (χ0) is 20.7. The summed E-state index contributed by atoms with van der Waals surface area (Å²) in [6.45, 7) is 6.03. The van der Waals surface area contributed by atoms with Gasteiger partial charge in [0.2, 0.25) is 11.8 Å². The van der Waals surface area contributed by atoms with Crippen molar-refractivity contribution in [2.75, 3.05) is 10.2 Å². The van der Waals surface area contributed by atoms with Gasteiger partial charge in [0.1, 0.15) is 0 Å². The monoisotopic (exact) mass is 390 g/mol. The number of carbonyl (C=O) groups is 3. The molecule has 0 unspecified atom stereocenters. The lowest BCUT2D eigenvalue weighted by Gasteiger charge is -2.25. The lowest BCUT2D eigenvalue weighted by atomic mass is 9.76. The Balaban J connectivity index is 1.60. The van der Waals surface area contributed by atoms with Crippen molar-refractivity contribution >= 4 is 29.1 Å². The topological polar surface area (TPSA) is 66.5 Å². The molecular weight excluding hydrogens is 364 g/mol. The molecule has 1 aliphatic carbocycles. The van der Waals surface area contributed by atoms with Crippen LogP contribution >= 0.6 is 0 Å². The zero-order valence-corrected chi connectivity index (χ0v) is 17.1. The van der Waals surface area contributed by atoms with Gasteiger partial charge in [-0.05, 0) is 68.4 Å². The quantitative estimate of drug-likeness (QED) is 0.786. The molecule has 2 aromatic carbocycles. The number of nitrogens with zero attached hydrogens (tertiary/aromatic N) is 1. The average Bonchev–Trinajstić information content (AvgIpc) is 2.94. The van der Waals surface area contributed by atoms with E-state index in [9.17, 15) is 14.4 Å². The van der Waals surface area contributed by atoms with Gasteiger partial charge in [0, 0.05) is 11.3 Å². The number of para-hydroxylation sites is 1. The number of imide groups is 1. The van der Waals surface area contributed by atoms with Crippen LogP contribution in [0.2, 0.25) is 0 Å². The molecule has 0 bridgehead atoms. The maximum absolute atomic E-state index is 13.0. The van der Waals surface area contributed by atoms with Crippen LogP contribution in [0.4, 0.5) is 11.4 Å². The lowest BCUT2D eigenvalue weighted by Crippen LogP contribution is -2.31. The van der Waals surface area contributed by atoms with Crippen LogP contribution in [0.1, 0.15) is 47.7 Å².